The fraction of sp³-hybridized carbons (Fsp3) is 0.455. The molecule has 0 amide bonds. The zero-order chi connectivity index (χ0) is 19.9. The van der Waals surface area contributed by atoms with Gasteiger partial charge in [-0.25, -0.2) is 0 Å². The molecule has 0 saturated carbocycles. The molecule has 0 aromatic heterocycles. The summed E-state index contributed by atoms with van der Waals surface area (Å²) in [6.45, 7) is 6.62. The molecule has 0 radical (unpaired) electrons. The van der Waals surface area contributed by atoms with E-state index in [2.05, 4.69) is 23.2 Å². The number of benzene rings is 2. The van der Waals surface area contributed by atoms with Gasteiger partial charge in [-0.2, -0.15) is 0 Å². The number of rotatable bonds is 9. The van der Waals surface area contributed by atoms with Crippen molar-refractivity contribution in [1.29, 1.82) is 0 Å². The molecule has 1 fully saturated rings. The molecule has 1 unspecified atom stereocenters. The van der Waals surface area contributed by atoms with Crippen LogP contribution in [-0.4, -0.2) is 37.7 Å². The number of ether oxygens (including phenoxy) is 2. The Labute approximate surface area is 177 Å². The molecule has 1 aliphatic rings. The van der Waals surface area contributed by atoms with E-state index in [1.807, 2.05) is 24.3 Å². The number of halogens is 2. The van der Waals surface area contributed by atoms with Gasteiger partial charge in [-0.1, -0.05) is 48.3 Å². The van der Waals surface area contributed by atoms with E-state index in [0.717, 1.165) is 42.3 Å². The monoisotopic (exact) mass is 422 g/mol. The van der Waals surface area contributed by atoms with Crippen LogP contribution in [0.3, 0.4) is 0 Å². The normalized spacial score (nSPS) is 17.1. The first kappa shape index (κ1) is 21.3. The van der Waals surface area contributed by atoms with E-state index in [1.165, 1.54) is 19.4 Å². The second-order valence-corrected chi connectivity index (χ2v) is 7.87. The minimum Gasteiger partial charge on any atom is -0.493 e. The summed E-state index contributed by atoms with van der Waals surface area (Å²) in [6.07, 6.45) is 2.55. The van der Waals surface area contributed by atoms with E-state index in [1.54, 1.807) is 13.2 Å². The number of para-hydroxylation sites is 1. The number of hydrogen-bond donors (Lipinski definition) is 1. The molecule has 2 aromatic carbocycles. The first-order valence-corrected chi connectivity index (χ1v) is 10.5. The van der Waals surface area contributed by atoms with Crippen molar-refractivity contribution in [2.45, 2.75) is 39.0 Å². The Morgan fingerprint density at radius 1 is 1.18 bits per heavy atom. The molecular formula is C22H28Cl2N2O2. The zero-order valence-corrected chi connectivity index (χ0v) is 18.0. The van der Waals surface area contributed by atoms with E-state index < -0.39 is 0 Å². The van der Waals surface area contributed by atoms with Crippen LogP contribution in [0.25, 0.3) is 0 Å². The van der Waals surface area contributed by atoms with Gasteiger partial charge in [0.2, 0.25) is 0 Å². The molecule has 152 valence electrons. The van der Waals surface area contributed by atoms with Gasteiger partial charge in [0.1, 0.15) is 6.61 Å². The Bertz CT molecular complexity index is 785. The smallest absolute Gasteiger partial charge is 0.166 e. The van der Waals surface area contributed by atoms with Gasteiger partial charge in [-0.15, -0.1) is 0 Å². The third-order valence-electron chi connectivity index (χ3n) is 5.27. The average molecular weight is 423 g/mol. The van der Waals surface area contributed by atoms with E-state index in [9.17, 15) is 0 Å². The SMILES string of the molecule is CCN1CCCC1CNCc1cccc(OC)c1OCc1ccc(Cl)cc1Cl. The molecule has 28 heavy (non-hydrogen) atoms. The van der Waals surface area contributed by atoms with Gasteiger partial charge >= 0.3 is 0 Å². The van der Waals surface area contributed by atoms with Crippen LogP contribution in [0.2, 0.25) is 10.0 Å². The molecule has 6 heteroatoms. The second-order valence-electron chi connectivity index (χ2n) is 7.03. The highest BCUT2D eigenvalue weighted by molar-refractivity contribution is 6.35. The van der Waals surface area contributed by atoms with Crippen molar-refractivity contribution in [2.24, 2.45) is 0 Å². The van der Waals surface area contributed by atoms with Crippen LogP contribution in [0, 0.1) is 0 Å². The molecule has 0 spiro atoms. The molecule has 0 bridgehead atoms. The highest BCUT2D eigenvalue weighted by Gasteiger charge is 2.22. The summed E-state index contributed by atoms with van der Waals surface area (Å²) in [5, 5.41) is 4.81. The molecule has 2 aromatic rings. The Kier molecular flexibility index (Phi) is 7.86. The van der Waals surface area contributed by atoms with Crippen molar-refractivity contribution >= 4 is 23.2 Å². The lowest BCUT2D eigenvalue weighted by Crippen LogP contribution is -2.37. The van der Waals surface area contributed by atoms with Gasteiger partial charge in [0.25, 0.3) is 0 Å². The molecule has 3 rings (SSSR count). The highest BCUT2D eigenvalue weighted by atomic mass is 35.5. The average Bonchev–Trinajstić information content (AvgIpc) is 3.15. The lowest BCUT2D eigenvalue weighted by molar-refractivity contribution is 0.258. The fourth-order valence-corrected chi connectivity index (χ4v) is 4.19. The largest absolute Gasteiger partial charge is 0.493 e. The lowest BCUT2D eigenvalue weighted by atomic mass is 10.1. The highest BCUT2D eigenvalue weighted by Crippen LogP contribution is 2.33. The minimum atomic E-state index is 0.357. The van der Waals surface area contributed by atoms with Crippen molar-refractivity contribution in [2.75, 3.05) is 26.7 Å². The van der Waals surface area contributed by atoms with Crippen molar-refractivity contribution in [3.63, 3.8) is 0 Å². The molecular weight excluding hydrogens is 395 g/mol. The van der Waals surface area contributed by atoms with Crippen LogP contribution in [0.4, 0.5) is 0 Å². The second kappa shape index (κ2) is 10.4. The molecule has 1 N–H and O–H groups in total. The maximum atomic E-state index is 6.28. The molecule has 0 aliphatic carbocycles. The maximum Gasteiger partial charge on any atom is 0.166 e. The first-order chi connectivity index (χ1) is 13.6. The van der Waals surface area contributed by atoms with Crippen LogP contribution in [0.15, 0.2) is 36.4 Å². The van der Waals surface area contributed by atoms with Crippen LogP contribution < -0.4 is 14.8 Å². The van der Waals surface area contributed by atoms with Gasteiger partial charge < -0.3 is 14.8 Å². The Morgan fingerprint density at radius 3 is 2.79 bits per heavy atom. The number of methoxy groups -OCH3 is 1. The number of likely N-dealkylation sites (tertiary alicyclic amines) is 1. The zero-order valence-electron chi connectivity index (χ0n) is 16.5. The van der Waals surface area contributed by atoms with Gasteiger partial charge in [0.15, 0.2) is 11.5 Å². The van der Waals surface area contributed by atoms with Gasteiger partial charge in [0, 0.05) is 40.3 Å². The van der Waals surface area contributed by atoms with Crippen molar-refractivity contribution in [3.8, 4) is 11.5 Å². The summed E-state index contributed by atoms with van der Waals surface area (Å²) in [6, 6.07) is 12.0. The van der Waals surface area contributed by atoms with Crippen molar-refractivity contribution in [1.82, 2.24) is 10.2 Å². The quantitative estimate of drug-likeness (QED) is 0.605. The topological polar surface area (TPSA) is 33.7 Å². The number of nitrogens with one attached hydrogen (secondary N) is 1. The fourth-order valence-electron chi connectivity index (χ4n) is 3.73. The third-order valence-corrected chi connectivity index (χ3v) is 5.86. The van der Waals surface area contributed by atoms with Gasteiger partial charge in [0.05, 0.1) is 7.11 Å². The molecule has 1 heterocycles. The molecule has 4 nitrogen and oxygen atoms in total. The molecule has 1 atom stereocenters. The summed E-state index contributed by atoms with van der Waals surface area (Å²) < 4.78 is 11.7. The summed E-state index contributed by atoms with van der Waals surface area (Å²) >= 11 is 12.3. The van der Waals surface area contributed by atoms with E-state index >= 15 is 0 Å². The summed E-state index contributed by atoms with van der Waals surface area (Å²) in [5.41, 5.74) is 1.96. The number of hydrogen-bond acceptors (Lipinski definition) is 4. The van der Waals surface area contributed by atoms with E-state index in [-0.39, 0.29) is 0 Å². The number of nitrogens with zero attached hydrogens (tertiary/aromatic N) is 1. The van der Waals surface area contributed by atoms with Crippen LogP contribution in [0.1, 0.15) is 30.9 Å². The predicted octanol–water partition coefficient (Wildman–Crippen LogP) is 5.15. The maximum absolute atomic E-state index is 6.28. The Hall–Kier alpha value is -1.46. The standard InChI is InChI=1S/C22H28Cl2N2O2/c1-3-26-11-5-7-19(26)14-25-13-16-6-4-8-21(27-2)22(16)28-15-17-9-10-18(23)12-20(17)24/h4,6,8-10,12,19,25H,3,5,7,11,13-15H2,1-2H3. The first-order valence-electron chi connectivity index (χ1n) is 9.79. The Balaban J connectivity index is 1.66. The molecule has 1 aliphatic heterocycles. The third kappa shape index (κ3) is 5.32. The van der Waals surface area contributed by atoms with E-state index in [4.69, 9.17) is 32.7 Å². The van der Waals surface area contributed by atoms with Crippen LogP contribution in [-0.2, 0) is 13.2 Å². The van der Waals surface area contributed by atoms with Crippen LogP contribution >= 0.6 is 23.2 Å². The summed E-state index contributed by atoms with van der Waals surface area (Å²) in [5.74, 6) is 1.47. The minimum absolute atomic E-state index is 0.357. The summed E-state index contributed by atoms with van der Waals surface area (Å²) in [4.78, 5) is 2.54. The summed E-state index contributed by atoms with van der Waals surface area (Å²) in [7, 11) is 1.66. The van der Waals surface area contributed by atoms with Gasteiger partial charge in [-0.05, 0) is 44.1 Å². The Morgan fingerprint density at radius 2 is 2.04 bits per heavy atom. The van der Waals surface area contributed by atoms with E-state index in [0.29, 0.717) is 22.7 Å². The molecule has 1 saturated heterocycles. The lowest BCUT2D eigenvalue weighted by Gasteiger charge is -2.23. The van der Waals surface area contributed by atoms with Gasteiger partial charge in [-0.3, -0.25) is 4.90 Å². The van der Waals surface area contributed by atoms with Crippen LogP contribution in [0.5, 0.6) is 11.5 Å². The van der Waals surface area contributed by atoms with Crippen molar-refractivity contribution in [3.05, 3.63) is 57.6 Å². The number of likely N-dealkylation sites (N-methyl/N-ethyl adjacent to an activating group) is 1. The predicted molar refractivity (Wildman–Crippen MR) is 116 cm³/mol. The van der Waals surface area contributed by atoms with Crippen molar-refractivity contribution < 1.29 is 9.47 Å².